The smallest absolute Gasteiger partial charge is 0.238 e. The molecule has 0 saturated carbocycles. The maximum Gasteiger partial charge on any atom is 0.238 e. The predicted molar refractivity (Wildman–Crippen MR) is 203 cm³/mol. The van der Waals surface area contributed by atoms with Crippen molar-refractivity contribution >= 4 is 43.7 Å². The van der Waals surface area contributed by atoms with Gasteiger partial charge in [0.15, 0.2) is 17.2 Å². The van der Waals surface area contributed by atoms with Crippen molar-refractivity contribution in [1.29, 1.82) is 0 Å². The summed E-state index contributed by atoms with van der Waals surface area (Å²) in [6.07, 6.45) is 0. The van der Waals surface area contributed by atoms with E-state index in [1.54, 1.807) is 0 Å². The first kappa shape index (κ1) is 28.2. The van der Waals surface area contributed by atoms with Crippen molar-refractivity contribution in [3.05, 3.63) is 170 Å². The van der Waals surface area contributed by atoms with Gasteiger partial charge in [-0.05, 0) is 46.5 Å². The molecular formula is C45H28N4O. The number of benzene rings is 7. The number of hydrogen-bond acceptors (Lipinski definition) is 4. The molecule has 0 saturated heterocycles. The zero-order chi connectivity index (χ0) is 33.0. The van der Waals surface area contributed by atoms with Gasteiger partial charge in [0.2, 0.25) is 5.95 Å². The standard InChI is InChI=1S/C45H28N4O/c1-3-14-29(15-4-1)31-18-13-19-32(28-31)33-20-7-8-23-38(33)44-46-43(30-16-5-2-6-17-30)47-45(48-44)49-39-24-11-9-21-34(39)36-26-27-37-35-22-10-12-25-40(35)50-42(37)41(36)49/h1-28H. The van der Waals surface area contributed by atoms with Gasteiger partial charge in [-0.25, -0.2) is 4.98 Å². The first-order chi connectivity index (χ1) is 24.8. The summed E-state index contributed by atoms with van der Waals surface area (Å²) in [5.74, 6) is 1.72. The van der Waals surface area contributed by atoms with Crippen molar-refractivity contribution < 1.29 is 4.42 Å². The molecular weight excluding hydrogens is 613 g/mol. The molecule has 50 heavy (non-hydrogen) atoms. The second-order valence-corrected chi connectivity index (χ2v) is 12.4. The van der Waals surface area contributed by atoms with Crippen molar-refractivity contribution in [2.45, 2.75) is 0 Å². The highest BCUT2D eigenvalue weighted by atomic mass is 16.3. The van der Waals surface area contributed by atoms with Gasteiger partial charge in [-0.2, -0.15) is 9.97 Å². The van der Waals surface area contributed by atoms with Gasteiger partial charge in [0.05, 0.1) is 5.52 Å². The number of para-hydroxylation sites is 2. The Kier molecular flexibility index (Phi) is 6.42. The third kappa shape index (κ3) is 4.52. The Labute approximate surface area is 287 Å². The van der Waals surface area contributed by atoms with E-state index in [1.807, 2.05) is 54.6 Å². The van der Waals surface area contributed by atoms with Gasteiger partial charge in [-0.15, -0.1) is 0 Å². The van der Waals surface area contributed by atoms with Crippen LogP contribution in [-0.2, 0) is 0 Å². The highest BCUT2D eigenvalue weighted by Crippen LogP contribution is 2.40. The molecule has 0 aliphatic heterocycles. The topological polar surface area (TPSA) is 56.7 Å². The molecule has 5 heteroatoms. The van der Waals surface area contributed by atoms with Crippen LogP contribution in [0.3, 0.4) is 0 Å². The van der Waals surface area contributed by atoms with Gasteiger partial charge >= 0.3 is 0 Å². The molecule has 0 spiro atoms. The van der Waals surface area contributed by atoms with Crippen LogP contribution in [0.4, 0.5) is 0 Å². The van der Waals surface area contributed by atoms with Crippen molar-refractivity contribution in [2.75, 3.05) is 0 Å². The Morgan fingerprint density at radius 1 is 0.400 bits per heavy atom. The van der Waals surface area contributed by atoms with Crippen LogP contribution in [0, 0.1) is 0 Å². The number of fused-ring (bicyclic) bond motifs is 7. The number of furan rings is 1. The molecule has 0 radical (unpaired) electrons. The van der Waals surface area contributed by atoms with Crippen LogP contribution >= 0.6 is 0 Å². The summed E-state index contributed by atoms with van der Waals surface area (Å²) < 4.78 is 8.76. The van der Waals surface area contributed by atoms with E-state index < -0.39 is 0 Å². The van der Waals surface area contributed by atoms with Crippen LogP contribution in [0.1, 0.15) is 0 Å². The molecule has 0 bridgehead atoms. The molecule has 0 amide bonds. The minimum Gasteiger partial charge on any atom is -0.454 e. The third-order valence-corrected chi connectivity index (χ3v) is 9.48. The molecule has 0 aliphatic carbocycles. The Morgan fingerprint density at radius 3 is 1.86 bits per heavy atom. The van der Waals surface area contributed by atoms with E-state index in [4.69, 9.17) is 19.4 Å². The van der Waals surface area contributed by atoms with Gasteiger partial charge in [0, 0.05) is 32.7 Å². The van der Waals surface area contributed by atoms with Gasteiger partial charge in [0.25, 0.3) is 0 Å². The average molecular weight is 641 g/mol. The van der Waals surface area contributed by atoms with E-state index in [-0.39, 0.29) is 0 Å². The Balaban J connectivity index is 1.26. The largest absolute Gasteiger partial charge is 0.454 e. The third-order valence-electron chi connectivity index (χ3n) is 9.48. The lowest BCUT2D eigenvalue weighted by atomic mass is 9.95. The van der Waals surface area contributed by atoms with Gasteiger partial charge < -0.3 is 4.42 Å². The van der Waals surface area contributed by atoms with Crippen LogP contribution in [0.25, 0.3) is 94.7 Å². The van der Waals surface area contributed by atoms with Crippen LogP contribution < -0.4 is 0 Å². The van der Waals surface area contributed by atoms with Crippen molar-refractivity contribution in [3.63, 3.8) is 0 Å². The molecule has 234 valence electrons. The van der Waals surface area contributed by atoms with Crippen LogP contribution in [-0.4, -0.2) is 19.5 Å². The Hall–Kier alpha value is -6.85. The van der Waals surface area contributed by atoms with Crippen molar-refractivity contribution in [3.8, 4) is 51.0 Å². The van der Waals surface area contributed by atoms with Crippen LogP contribution in [0.2, 0.25) is 0 Å². The second kappa shape index (κ2) is 11.4. The summed E-state index contributed by atoms with van der Waals surface area (Å²) in [6.45, 7) is 0. The number of hydrogen-bond donors (Lipinski definition) is 0. The summed E-state index contributed by atoms with van der Waals surface area (Å²) in [7, 11) is 0. The zero-order valence-corrected chi connectivity index (χ0v) is 26.9. The van der Waals surface area contributed by atoms with E-state index in [0.29, 0.717) is 17.6 Å². The molecule has 0 unspecified atom stereocenters. The fraction of sp³-hybridized carbons (Fsp3) is 0. The molecule has 3 aromatic heterocycles. The monoisotopic (exact) mass is 640 g/mol. The summed E-state index contributed by atoms with van der Waals surface area (Å²) in [5, 5.41) is 4.31. The summed E-state index contributed by atoms with van der Waals surface area (Å²) in [4.78, 5) is 15.6. The van der Waals surface area contributed by atoms with E-state index in [2.05, 4.69) is 120 Å². The maximum absolute atomic E-state index is 6.62. The summed E-state index contributed by atoms with van der Waals surface area (Å²) in [5.41, 5.74) is 9.87. The fourth-order valence-electron chi connectivity index (χ4n) is 7.17. The summed E-state index contributed by atoms with van der Waals surface area (Å²) in [6, 6.07) is 58.5. The fourth-order valence-corrected chi connectivity index (χ4v) is 7.17. The van der Waals surface area contributed by atoms with E-state index in [0.717, 1.165) is 71.6 Å². The molecule has 5 nitrogen and oxygen atoms in total. The average Bonchev–Trinajstić information content (AvgIpc) is 3.75. The first-order valence-electron chi connectivity index (χ1n) is 16.7. The highest BCUT2D eigenvalue weighted by Gasteiger charge is 2.22. The molecule has 10 rings (SSSR count). The SMILES string of the molecule is c1ccc(-c2cccc(-c3ccccc3-c3nc(-c4ccccc4)nc(-n4c5ccccc5c5ccc6c7ccccc7oc6c54)n3)c2)cc1. The van der Waals surface area contributed by atoms with E-state index in [1.165, 1.54) is 5.56 Å². The van der Waals surface area contributed by atoms with Crippen LogP contribution in [0.15, 0.2) is 174 Å². The first-order valence-corrected chi connectivity index (χ1v) is 16.7. The lowest BCUT2D eigenvalue weighted by Gasteiger charge is -2.14. The number of rotatable bonds is 5. The highest BCUT2D eigenvalue weighted by molar-refractivity contribution is 6.21. The van der Waals surface area contributed by atoms with Crippen LogP contribution in [0.5, 0.6) is 0 Å². The van der Waals surface area contributed by atoms with Gasteiger partial charge in [-0.3, -0.25) is 4.57 Å². The predicted octanol–water partition coefficient (Wildman–Crippen LogP) is 11.5. The quantitative estimate of drug-likeness (QED) is 0.188. The molecule has 0 fully saturated rings. The Bertz CT molecular complexity index is 2870. The lowest BCUT2D eigenvalue weighted by molar-refractivity contribution is 0.670. The van der Waals surface area contributed by atoms with Crippen molar-refractivity contribution in [1.82, 2.24) is 19.5 Å². The molecule has 3 heterocycles. The minimum absolute atomic E-state index is 0.529. The molecule has 0 N–H and O–H groups in total. The molecule has 0 atom stereocenters. The number of nitrogens with zero attached hydrogens (tertiary/aromatic N) is 4. The van der Waals surface area contributed by atoms with Gasteiger partial charge in [-0.1, -0.05) is 146 Å². The van der Waals surface area contributed by atoms with E-state index >= 15 is 0 Å². The minimum atomic E-state index is 0.529. The second-order valence-electron chi connectivity index (χ2n) is 12.4. The number of aromatic nitrogens is 4. The zero-order valence-electron chi connectivity index (χ0n) is 26.9. The summed E-state index contributed by atoms with van der Waals surface area (Å²) >= 11 is 0. The molecule has 7 aromatic carbocycles. The Morgan fingerprint density at radius 2 is 1.02 bits per heavy atom. The lowest BCUT2D eigenvalue weighted by Crippen LogP contribution is -2.07. The molecule has 0 aliphatic rings. The molecule has 10 aromatic rings. The van der Waals surface area contributed by atoms with Gasteiger partial charge in [0.1, 0.15) is 11.1 Å². The maximum atomic E-state index is 6.62. The van der Waals surface area contributed by atoms with E-state index in [9.17, 15) is 0 Å². The van der Waals surface area contributed by atoms with Crippen molar-refractivity contribution in [2.24, 2.45) is 0 Å². The normalized spacial score (nSPS) is 11.6.